The van der Waals surface area contributed by atoms with Gasteiger partial charge in [0.2, 0.25) is 0 Å². The Balaban J connectivity index is 2.09. The van der Waals surface area contributed by atoms with Crippen molar-refractivity contribution in [1.82, 2.24) is 10.3 Å². The first-order valence-electron chi connectivity index (χ1n) is 6.87. The molecule has 0 saturated carbocycles. The Morgan fingerprint density at radius 1 is 1.24 bits per heavy atom. The van der Waals surface area contributed by atoms with E-state index in [4.69, 9.17) is 4.74 Å². The van der Waals surface area contributed by atoms with Gasteiger partial charge < -0.3 is 15.0 Å². The largest absolute Gasteiger partial charge is 0.449 e. The number of amides is 1. The molecule has 0 fully saturated rings. The Morgan fingerprint density at radius 2 is 1.90 bits per heavy atom. The number of aromatic nitrogens is 1. The second-order valence-corrected chi connectivity index (χ2v) is 6.03. The number of benzene rings is 1. The molecule has 0 aliphatic heterocycles. The topological polar surface area (TPSA) is 71.2 Å². The van der Waals surface area contributed by atoms with E-state index in [1.165, 1.54) is 0 Å². The molecule has 0 aliphatic carbocycles. The van der Waals surface area contributed by atoms with Crippen LogP contribution < -0.4 is 5.32 Å². The molecule has 0 unspecified atom stereocenters. The Labute approximate surface area is 123 Å². The lowest BCUT2D eigenvalue weighted by Crippen LogP contribution is -2.46. The van der Waals surface area contributed by atoms with Crippen molar-refractivity contribution in [2.75, 3.05) is 0 Å². The minimum Gasteiger partial charge on any atom is -0.449 e. The van der Waals surface area contributed by atoms with Crippen molar-refractivity contribution in [2.45, 2.75) is 39.3 Å². The number of esters is 1. The molecule has 0 radical (unpaired) electrons. The van der Waals surface area contributed by atoms with Crippen molar-refractivity contribution >= 4 is 22.8 Å². The lowest BCUT2D eigenvalue weighted by molar-refractivity contribution is -0.130. The summed E-state index contributed by atoms with van der Waals surface area (Å²) in [5, 5.41) is 3.57. The molecule has 1 heterocycles. The van der Waals surface area contributed by atoms with Crippen molar-refractivity contribution in [1.29, 1.82) is 0 Å². The molecule has 21 heavy (non-hydrogen) atoms. The fourth-order valence-electron chi connectivity index (χ4n) is 1.99. The second kappa shape index (κ2) is 5.60. The van der Waals surface area contributed by atoms with E-state index in [0.29, 0.717) is 5.56 Å². The number of hydrogen-bond donors (Lipinski definition) is 2. The highest BCUT2D eigenvalue weighted by molar-refractivity contribution is 6.04. The van der Waals surface area contributed by atoms with E-state index in [2.05, 4.69) is 10.3 Å². The van der Waals surface area contributed by atoms with Crippen molar-refractivity contribution in [3.63, 3.8) is 0 Å². The first kappa shape index (κ1) is 15.1. The number of carbonyl (C=O) groups is 2. The zero-order chi connectivity index (χ0) is 15.6. The Hall–Kier alpha value is -2.30. The number of para-hydroxylation sites is 1. The van der Waals surface area contributed by atoms with Crippen LogP contribution in [0, 0.1) is 0 Å². The van der Waals surface area contributed by atoms with Crippen molar-refractivity contribution in [3.05, 3.63) is 36.0 Å². The number of nitrogens with one attached hydrogen (secondary N) is 2. The fraction of sp³-hybridized carbons (Fsp3) is 0.375. The van der Waals surface area contributed by atoms with Gasteiger partial charge in [0, 0.05) is 22.6 Å². The zero-order valence-electron chi connectivity index (χ0n) is 12.7. The van der Waals surface area contributed by atoms with Gasteiger partial charge in [-0.15, -0.1) is 0 Å². The van der Waals surface area contributed by atoms with Gasteiger partial charge in [-0.25, -0.2) is 4.79 Å². The summed E-state index contributed by atoms with van der Waals surface area (Å²) in [5.41, 5.74) is 0.927. The van der Waals surface area contributed by atoms with Gasteiger partial charge in [0.15, 0.2) is 6.10 Å². The van der Waals surface area contributed by atoms with Crippen LogP contribution in [-0.4, -0.2) is 28.5 Å². The van der Waals surface area contributed by atoms with E-state index in [1.807, 2.05) is 45.0 Å². The molecule has 0 spiro atoms. The van der Waals surface area contributed by atoms with Gasteiger partial charge in [-0.2, -0.15) is 0 Å². The Morgan fingerprint density at radius 3 is 2.57 bits per heavy atom. The molecular formula is C16H20N2O3. The van der Waals surface area contributed by atoms with E-state index < -0.39 is 12.1 Å². The number of H-pyrrole nitrogens is 1. The quantitative estimate of drug-likeness (QED) is 0.853. The maximum Gasteiger partial charge on any atom is 0.341 e. The third-order valence-corrected chi connectivity index (χ3v) is 2.96. The van der Waals surface area contributed by atoms with Crippen LogP contribution in [0.2, 0.25) is 0 Å². The highest BCUT2D eigenvalue weighted by atomic mass is 16.5. The molecular weight excluding hydrogens is 268 g/mol. The summed E-state index contributed by atoms with van der Waals surface area (Å²) >= 11 is 0. The van der Waals surface area contributed by atoms with Crippen LogP contribution >= 0.6 is 0 Å². The molecule has 0 aliphatic rings. The van der Waals surface area contributed by atoms with Crippen molar-refractivity contribution < 1.29 is 14.3 Å². The predicted molar refractivity (Wildman–Crippen MR) is 81.1 cm³/mol. The maximum absolute atomic E-state index is 12.2. The number of hydrogen-bond acceptors (Lipinski definition) is 3. The number of aromatic amines is 1. The highest BCUT2D eigenvalue weighted by Crippen LogP contribution is 2.19. The van der Waals surface area contributed by atoms with Crippen molar-refractivity contribution in [3.8, 4) is 0 Å². The van der Waals surface area contributed by atoms with Gasteiger partial charge in [0.05, 0.1) is 5.56 Å². The third kappa shape index (κ3) is 3.62. The number of ether oxygens (including phenoxy) is 1. The summed E-state index contributed by atoms with van der Waals surface area (Å²) in [5.74, 6) is -0.820. The average Bonchev–Trinajstić information content (AvgIpc) is 2.80. The van der Waals surface area contributed by atoms with E-state index >= 15 is 0 Å². The predicted octanol–water partition coefficient (Wildman–Crippen LogP) is 2.63. The SMILES string of the molecule is C[C@@H](OC(=O)c1c[nH]c2ccccc12)C(=O)NC(C)(C)C. The van der Waals surface area contributed by atoms with Gasteiger partial charge in [-0.1, -0.05) is 18.2 Å². The summed E-state index contributed by atoms with van der Waals surface area (Å²) in [4.78, 5) is 27.1. The van der Waals surface area contributed by atoms with Crippen LogP contribution in [0.25, 0.3) is 10.9 Å². The molecule has 1 aromatic heterocycles. The molecule has 1 aromatic carbocycles. The monoisotopic (exact) mass is 288 g/mol. The van der Waals surface area contributed by atoms with Gasteiger partial charge >= 0.3 is 5.97 Å². The molecule has 1 atom stereocenters. The number of carbonyl (C=O) groups excluding carboxylic acids is 2. The molecule has 2 N–H and O–H groups in total. The first-order valence-corrected chi connectivity index (χ1v) is 6.87. The Bertz CT molecular complexity index is 667. The van der Waals surface area contributed by atoms with E-state index in [0.717, 1.165) is 10.9 Å². The maximum atomic E-state index is 12.2. The summed E-state index contributed by atoms with van der Waals surface area (Å²) in [6.45, 7) is 7.19. The molecule has 2 rings (SSSR count). The van der Waals surface area contributed by atoms with E-state index in [9.17, 15) is 9.59 Å². The smallest absolute Gasteiger partial charge is 0.341 e. The summed E-state index contributed by atoms with van der Waals surface area (Å²) in [6, 6.07) is 7.44. The number of rotatable bonds is 3. The van der Waals surface area contributed by atoms with Gasteiger partial charge in [0.1, 0.15) is 0 Å². The van der Waals surface area contributed by atoms with E-state index in [-0.39, 0.29) is 11.4 Å². The normalized spacial score (nSPS) is 13.0. The standard InChI is InChI=1S/C16H20N2O3/c1-10(14(19)18-16(2,3)4)21-15(20)12-9-17-13-8-6-5-7-11(12)13/h5-10,17H,1-4H3,(H,18,19)/t10-/m1/s1. The number of fused-ring (bicyclic) bond motifs is 1. The molecule has 112 valence electrons. The first-order chi connectivity index (χ1) is 9.78. The van der Waals surface area contributed by atoms with Crippen molar-refractivity contribution in [2.24, 2.45) is 0 Å². The van der Waals surface area contributed by atoms with Crippen LogP contribution in [0.1, 0.15) is 38.1 Å². The van der Waals surface area contributed by atoms with Crippen LogP contribution in [-0.2, 0) is 9.53 Å². The fourth-order valence-corrected chi connectivity index (χ4v) is 1.99. The minimum absolute atomic E-state index is 0.310. The average molecular weight is 288 g/mol. The van der Waals surface area contributed by atoms with Gasteiger partial charge in [0.25, 0.3) is 5.91 Å². The van der Waals surface area contributed by atoms with Crippen LogP contribution in [0.4, 0.5) is 0 Å². The lowest BCUT2D eigenvalue weighted by atomic mass is 10.1. The summed E-state index contributed by atoms with van der Waals surface area (Å²) < 4.78 is 5.24. The summed E-state index contributed by atoms with van der Waals surface area (Å²) in [6.07, 6.45) is 0.756. The van der Waals surface area contributed by atoms with Crippen LogP contribution in [0.5, 0.6) is 0 Å². The molecule has 5 nitrogen and oxygen atoms in total. The lowest BCUT2D eigenvalue weighted by Gasteiger charge is -2.23. The molecule has 0 saturated heterocycles. The molecule has 5 heteroatoms. The summed E-state index contributed by atoms with van der Waals surface area (Å²) in [7, 11) is 0. The molecule has 1 amide bonds. The Kier molecular flexibility index (Phi) is 4.02. The molecule has 0 bridgehead atoms. The molecule has 2 aromatic rings. The third-order valence-electron chi connectivity index (χ3n) is 2.96. The second-order valence-electron chi connectivity index (χ2n) is 6.03. The van der Waals surface area contributed by atoms with E-state index in [1.54, 1.807) is 13.1 Å². The van der Waals surface area contributed by atoms with Crippen LogP contribution in [0.3, 0.4) is 0 Å². The van der Waals surface area contributed by atoms with Gasteiger partial charge in [-0.05, 0) is 33.8 Å². The highest BCUT2D eigenvalue weighted by Gasteiger charge is 2.23. The van der Waals surface area contributed by atoms with Crippen LogP contribution in [0.15, 0.2) is 30.5 Å². The zero-order valence-corrected chi connectivity index (χ0v) is 12.7. The van der Waals surface area contributed by atoms with Gasteiger partial charge in [-0.3, -0.25) is 4.79 Å². The minimum atomic E-state index is -0.842.